The molecule has 3 unspecified atom stereocenters. The molecular weight excluding hydrogens is 340 g/mol. The SMILES string of the molecule is C[C@]12CCC3C(CC[C@@H]4C[C@H](O)CC[C@H]34)C1[C@H](O)C[C@@H]2c1coc(CO)c1. The first-order valence-corrected chi connectivity index (χ1v) is 11.1. The first kappa shape index (κ1) is 18.2. The van der Waals surface area contributed by atoms with Crippen molar-refractivity contribution in [3.63, 3.8) is 0 Å². The molecule has 9 atom stereocenters. The topological polar surface area (TPSA) is 73.8 Å². The van der Waals surface area contributed by atoms with E-state index in [9.17, 15) is 15.3 Å². The van der Waals surface area contributed by atoms with Crippen LogP contribution < -0.4 is 0 Å². The molecule has 0 bridgehead atoms. The molecule has 0 spiro atoms. The molecule has 0 saturated heterocycles. The van der Waals surface area contributed by atoms with E-state index in [2.05, 4.69) is 6.92 Å². The van der Waals surface area contributed by atoms with Gasteiger partial charge in [-0.25, -0.2) is 0 Å². The van der Waals surface area contributed by atoms with Gasteiger partial charge in [0.1, 0.15) is 12.4 Å². The third kappa shape index (κ3) is 2.74. The molecule has 1 heterocycles. The molecule has 0 aromatic carbocycles. The normalized spacial score (nSPS) is 49.3. The van der Waals surface area contributed by atoms with Crippen LogP contribution in [0.3, 0.4) is 0 Å². The van der Waals surface area contributed by atoms with Crippen LogP contribution in [0, 0.1) is 35.0 Å². The van der Waals surface area contributed by atoms with Gasteiger partial charge < -0.3 is 19.7 Å². The van der Waals surface area contributed by atoms with Crippen molar-refractivity contribution >= 4 is 0 Å². The lowest BCUT2D eigenvalue weighted by atomic mass is 9.49. The fourth-order valence-corrected chi connectivity index (χ4v) is 8.07. The van der Waals surface area contributed by atoms with Gasteiger partial charge in [-0.15, -0.1) is 0 Å². The average molecular weight is 375 g/mol. The van der Waals surface area contributed by atoms with Crippen molar-refractivity contribution in [1.82, 2.24) is 0 Å². The van der Waals surface area contributed by atoms with Gasteiger partial charge >= 0.3 is 0 Å². The van der Waals surface area contributed by atoms with E-state index in [-0.39, 0.29) is 24.2 Å². The summed E-state index contributed by atoms with van der Waals surface area (Å²) >= 11 is 0. The Labute approximate surface area is 162 Å². The smallest absolute Gasteiger partial charge is 0.129 e. The Morgan fingerprint density at radius 1 is 1.04 bits per heavy atom. The third-order valence-electron chi connectivity index (χ3n) is 9.14. The summed E-state index contributed by atoms with van der Waals surface area (Å²) in [6, 6.07) is 2.00. The molecule has 1 aromatic rings. The number of rotatable bonds is 2. The average Bonchev–Trinajstić information content (AvgIpc) is 3.23. The Balaban J connectivity index is 1.42. The third-order valence-corrected chi connectivity index (χ3v) is 9.14. The van der Waals surface area contributed by atoms with Gasteiger partial charge in [-0.05, 0) is 104 Å². The zero-order valence-corrected chi connectivity index (χ0v) is 16.4. The zero-order chi connectivity index (χ0) is 18.8. The van der Waals surface area contributed by atoms with Gasteiger partial charge in [-0.3, -0.25) is 0 Å². The molecule has 0 aliphatic heterocycles. The first-order chi connectivity index (χ1) is 13.0. The van der Waals surface area contributed by atoms with Crippen LogP contribution in [0.1, 0.15) is 75.5 Å². The lowest BCUT2D eigenvalue weighted by Crippen LogP contribution is -2.50. The second-order valence-corrected chi connectivity index (χ2v) is 10.2. The minimum absolute atomic E-state index is 0.0605. The van der Waals surface area contributed by atoms with E-state index in [4.69, 9.17) is 4.42 Å². The van der Waals surface area contributed by atoms with Crippen molar-refractivity contribution < 1.29 is 19.7 Å². The van der Waals surface area contributed by atoms with Gasteiger partial charge in [0, 0.05) is 0 Å². The van der Waals surface area contributed by atoms with Crippen molar-refractivity contribution in [2.45, 2.75) is 83.0 Å². The van der Waals surface area contributed by atoms with Crippen molar-refractivity contribution in [3.8, 4) is 0 Å². The van der Waals surface area contributed by atoms with Crippen molar-refractivity contribution in [1.29, 1.82) is 0 Å². The zero-order valence-electron chi connectivity index (χ0n) is 16.4. The molecule has 27 heavy (non-hydrogen) atoms. The molecule has 0 amide bonds. The second-order valence-electron chi connectivity index (χ2n) is 10.2. The van der Waals surface area contributed by atoms with E-state index in [0.717, 1.165) is 36.7 Å². The Bertz CT molecular complexity index is 684. The van der Waals surface area contributed by atoms with Crippen LogP contribution in [0.25, 0.3) is 0 Å². The second kappa shape index (κ2) is 6.60. The molecule has 4 aliphatic rings. The van der Waals surface area contributed by atoms with Gasteiger partial charge in [0.05, 0.1) is 18.5 Å². The van der Waals surface area contributed by atoms with Crippen LogP contribution in [0.4, 0.5) is 0 Å². The number of aliphatic hydroxyl groups excluding tert-OH is 3. The molecule has 4 nitrogen and oxygen atoms in total. The highest BCUT2D eigenvalue weighted by molar-refractivity contribution is 5.25. The number of furan rings is 1. The van der Waals surface area contributed by atoms with E-state index >= 15 is 0 Å². The predicted molar refractivity (Wildman–Crippen MR) is 102 cm³/mol. The summed E-state index contributed by atoms with van der Waals surface area (Å²) in [5.41, 5.74) is 1.29. The van der Waals surface area contributed by atoms with Crippen molar-refractivity contribution in [2.75, 3.05) is 0 Å². The molecule has 4 heteroatoms. The van der Waals surface area contributed by atoms with E-state index < -0.39 is 0 Å². The van der Waals surface area contributed by atoms with E-state index in [0.29, 0.717) is 29.4 Å². The standard InChI is InChI=1S/C23H34O4/c1-23-7-6-18-17-5-3-15(25)8-13(17)2-4-19(18)22(23)21(26)10-20(23)14-9-16(11-24)27-12-14/h9,12-13,15,17-22,24-26H,2-8,10-11H2,1H3/t13-,15-,17+,18?,19?,20-,21-,22?,23-/m1/s1. The van der Waals surface area contributed by atoms with Gasteiger partial charge in [0.2, 0.25) is 0 Å². The lowest BCUT2D eigenvalue weighted by molar-refractivity contribution is -0.0943. The lowest BCUT2D eigenvalue weighted by Gasteiger charge is -2.56. The molecule has 4 aliphatic carbocycles. The summed E-state index contributed by atoms with van der Waals surface area (Å²) in [7, 11) is 0. The molecule has 4 fully saturated rings. The van der Waals surface area contributed by atoms with Crippen LogP contribution in [0.5, 0.6) is 0 Å². The van der Waals surface area contributed by atoms with Crippen molar-refractivity contribution in [2.24, 2.45) is 35.0 Å². The summed E-state index contributed by atoms with van der Waals surface area (Å²) in [4.78, 5) is 0. The van der Waals surface area contributed by atoms with Crippen LogP contribution >= 0.6 is 0 Å². The molecule has 4 saturated carbocycles. The highest BCUT2D eigenvalue weighted by Crippen LogP contribution is 2.66. The number of aliphatic hydroxyl groups is 3. The quantitative estimate of drug-likeness (QED) is 0.735. The minimum Gasteiger partial charge on any atom is -0.467 e. The predicted octanol–water partition coefficient (Wildman–Crippen LogP) is 3.84. The maximum absolute atomic E-state index is 11.1. The molecule has 3 N–H and O–H groups in total. The van der Waals surface area contributed by atoms with E-state index in [1.165, 1.54) is 32.1 Å². The summed E-state index contributed by atoms with van der Waals surface area (Å²) in [6.45, 7) is 2.34. The molecule has 5 rings (SSSR count). The number of fused-ring (bicyclic) bond motifs is 5. The first-order valence-electron chi connectivity index (χ1n) is 11.1. The van der Waals surface area contributed by atoms with Gasteiger partial charge in [0.25, 0.3) is 0 Å². The Hall–Kier alpha value is -0.840. The van der Waals surface area contributed by atoms with E-state index in [1.54, 1.807) is 0 Å². The summed E-state index contributed by atoms with van der Waals surface area (Å²) in [5.74, 6) is 4.16. The maximum Gasteiger partial charge on any atom is 0.129 e. The van der Waals surface area contributed by atoms with Crippen LogP contribution in [0.2, 0.25) is 0 Å². The van der Waals surface area contributed by atoms with Crippen LogP contribution in [0.15, 0.2) is 16.7 Å². The summed E-state index contributed by atoms with van der Waals surface area (Å²) < 4.78 is 5.52. The fourth-order valence-electron chi connectivity index (χ4n) is 8.07. The molecule has 150 valence electrons. The monoisotopic (exact) mass is 374 g/mol. The number of hydrogen-bond acceptors (Lipinski definition) is 4. The molecule has 0 radical (unpaired) electrons. The van der Waals surface area contributed by atoms with Crippen LogP contribution in [-0.4, -0.2) is 27.5 Å². The van der Waals surface area contributed by atoms with E-state index in [1.807, 2.05) is 12.3 Å². The highest BCUT2D eigenvalue weighted by atomic mass is 16.4. The molecular formula is C23H34O4. The minimum atomic E-state index is -0.231. The Kier molecular flexibility index (Phi) is 4.45. The maximum atomic E-state index is 11.1. The van der Waals surface area contributed by atoms with Crippen LogP contribution in [-0.2, 0) is 6.61 Å². The van der Waals surface area contributed by atoms with Gasteiger partial charge in [-0.2, -0.15) is 0 Å². The molecule has 1 aromatic heterocycles. The van der Waals surface area contributed by atoms with Gasteiger partial charge in [-0.1, -0.05) is 6.92 Å². The summed E-state index contributed by atoms with van der Waals surface area (Å²) in [6.07, 6.45) is 10.3. The summed E-state index contributed by atoms with van der Waals surface area (Å²) in [5, 5.41) is 30.6. The van der Waals surface area contributed by atoms with Crippen molar-refractivity contribution in [3.05, 3.63) is 23.7 Å². The van der Waals surface area contributed by atoms with Gasteiger partial charge in [0.15, 0.2) is 0 Å². The fraction of sp³-hybridized carbons (Fsp3) is 0.826. The Morgan fingerprint density at radius 2 is 1.85 bits per heavy atom. The number of hydrogen-bond donors (Lipinski definition) is 3. The largest absolute Gasteiger partial charge is 0.467 e. The highest BCUT2D eigenvalue weighted by Gasteiger charge is 2.60. The Morgan fingerprint density at radius 3 is 2.63 bits per heavy atom.